The van der Waals surface area contributed by atoms with E-state index in [4.69, 9.17) is 16.7 Å². The van der Waals surface area contributed by atoms with Crippen LogP contribution in [0.15, 0.2) is 23.4 Å². The van der Waals surface area contributed by atoms with Gasteiger partial charge in [-0.3, -0.25) is 0 Å². The van der Waals surface area contributed by atoms with Gasteiger partial charge in [0.25, 0.3) is 0 Å². The van der Waals surface area contributed by atoms with E-state index in [-0.39, 0.29) is 5.84 Å². The number of hydrogen-bond donors (Lipinski definition) is 3. The van der Waals surface area contributed by atoms with E-state index in [1.54, 1.807) is 0 Å². The highest BCUT2D eigenvalue weighted by Crippen LogP contribution is 2.11. The van der Waals surface area contributed by atoms with Crippen molar-refractivity contribution >= 4 is 5.84 Å². The largest absolute Gasteiger partial charge is 0.409 e. The van der Waals surface area contributed by atoms with Crippen molar-refractivity contribution in [3.63, 3.8) is 0 Å². The number of nitrogens with two attached hydrogens (primary N) is 2. The Morgan fingerprint density at radius 3 is 2.79 bits per heavy atom. The van der Waals surface area contributed by atoms with Crippen molar-refractivity contribution in [1.82, 2.24) is 0 Å². The maximum absolute atomic E-state index is 8.52. The Morgan fingerprint density at radius 1 is 1.50 bits per heavy atom. The Labute approximate surface area is 83.2 Å². The molecule has 0 radical (unpaired) electrons. The molecule has 5 N–H and O–H groups in total. The molecule has 1 rings (SSSR count). The highest BCUT2D eigenvalue weighted by Gasteiger charge is 2.02. The number of aryl methyl sites for hydroxylation is 1. The summed E-state index contributed by atoms with van der Waals surface area (Å²) in [4.78, 5) is 0. The molecule has 4 nitrogen and oxygen atoms in total. The summed E-state index contributed by atoms with van der Waals surface area (Å²) in [7, 11) is 0. The quantitative estimate of drug-likeness (QED) is 0.284. The molecule has 1 aromatic carbocycles. The maximum atomic E-state index is 8.52. The SMILES string of the molecule is Cc1ccc(C(N)=NO)cc1CCN. The van der Waals surface area contributed by atoms with Crippen molar-refractivity contribution in [2.24, 2.45) is 16.6 Å². The van der Waals surface area contributed by atoms with Gasteiger partial charge in [-0.15, -0.1) is 0 Å². The molecule has 0 atom stereocenters. The summed E-state index contributed by atoms with van der Waals surface area (Å²) in [6.07, 6.45) is 0.804. The van der Waals surface area contributed by atoms with Crippen LogP contribution in [0.2, 0.25) is 0 Å². The predicted octanol–water partition coefficient (Wildman–Crippen LogP) is 0.591. The van der Waals surface area contributed by atoms with E-state index in [2.05, 4.69) is 5.16 Å². The van der Waals surface area contributed by atoms with Gasteiger partial charge < -0.3 is 16.7 Å². The molecule has 1 aromatic rings. The Bertz CT molecular complexity index is 347. The predicted molar refractivity (Wildman–Crippen MR) is 56.4 cm³/mol. The molecule has 14 heavy (non-hydrogen) atoms. The first-order valence-corrected chi connectivity index (χ1v) is 4.46. The number of oxime groups is 1. The summed E-state index contributed by atoms with van der Waals surface area (Å²) >= 11 is 0. The van der Waals surface area contributed by atoms with E-state index in [0.29, 0.717) is 6.54 Å². The summed E-state index contributed by atoms with van der Waals surface area (Å²) < 4.78 is 0. The third kappa shape index (κ3) is 2.23. The van der Waals surface area contributed by atoms with Crippen molar-refractivity contribution in [3.05, 3.63) is 34.9 Å². The number of hydrogen-bond acceptors (Lipinski definition) is 3. The highest BCUT2D eigenvalue weighted by molar-refractivity contribution is 5.97. The third-order valence-electron chi connectivity index (χ3n) is 2.17. The van der Waals surface area contributed by atoms with E-state index in [9.17, 15) is 0 Å². The molecule has 0 aromatic heterocycles. The average Bonchev–Trinajstić information content (AvgIpc) is 2.20. The lowest BCUT2D eigenvalue weighted by molar-refractivity contribution is 0.318. The summed E-state index contributed by atoms with van der Waals surface area (Å²) in [5.74, 6) is 0.128. The molecular weight excluding hydrogens is 178 g/mol. The van der Waals surface area contributed by atoms with Gasteiger partial charge in [0, 0.05) is 5.56 Å². The minimum Gasteiger partial charge on any atom is -0.409 e. The van der Waals surface area contributed by atoms with Crippen LogP contribution in [0.25, 0.3) is 0 Å². The van der Waals surface area contributed by atoms with Gasteiger partial charge in [-0.05, 0) is 37.1 Å². The van der Waals surface area contributed by atoms with E-state index in [0.717, 1.165) is 17.5 Å². The second-order valence-electron chi connectivity index (χ2n) is 3.17. The van der Waals surface area contributed by atoms with Gasteiger partial charge in [-0.25, -0.2) is 0 Å². The fourth-order valence-electron chi connectivity index (χ4n) is 1.31. The number of benzene rings is 1. The zero-order chi connectivity index (χ0) is 10.6. The van der Waals surface area contributed by atoms with E-state index >= 15 is 0 Å². The van der Waals surface area contributed by atoms with E-state index in [1.165, 1.54) is 5.56 Å². The lowest BCUT2D eigenvalue weighted by atomic mass is 10.0. The smallest absolute Gasteiger partial charge is 0.170 e. The first-order valence-electron chi connectivity index (χ1n) is 4.46. The van der Waals surface area contributed by atoms with Gasteiger partial charge in [-0.2, -0.15) is 0 Å². The van der Waals surface area contributed by atoms with Crippen LogP contribution in [0.3, 0.4) is 0 Å². The molecule has 0 amide bonds. The number of amidine groups is 1. The van der Waals surface area contributed by atoms with Crippen LogP contribution in [0, 0.1) is 6.92 Å². The molecule has 0 aliphatic carbocycles. The minimum atomic E-state index is 0.128. The lowest BCUT2D eigenvalue weighted by Gasteiger charge is -2.06. The van der Waals surface area contributed by atoms with Crippen molar-refractivity contribution < 1.29 is 5.21 Å². The molecule has 76 valence electrons. The summed E-state index contributed by atoms with van der Waals surface area (Å²) in [5, 5.41) is 11.5. The molecule has 0 bridgehead atoms. The fourth-order valence-corrected chi connectivity index (χ4v) is 1.31. The second kappa shape index (κ2) is 4.62. The van der Waals surface area contributed by atoms with Gasteiger partial charge in [-0.1, -0.05) is 17.3 Å². The molecule has 0 aliphatic heterocycles. The first-order chi connectivity index (χ1) is 6.69. The van der Waals surface area contributed by atoms with Crippen LogP contribution in [0.1, 0.15) is 16.7 Å². The van der Waals surface area contributed by atoms with Crippen LogP contribution in [-0.2, 0) is 6.42 Å². The zero-order valence-electron chi connectivity index (χ0n) is 8.20. The Kier molecular flexibility index (Phi) is 3.48. The maximum Gasteiger partial charge on any atom is 0.170 e. The molecule has 4 heteroatoms. The standard InChI is InChI=1S/C10H15N3O/c1-7-2-3-9(10(12)13-14)6-8(7)4-5-11/h2-3,6,14H,4-5,11H2,1H3,(H2,12,13). The van der Waals surface area contributed by atoms with Crippen LogP contribution < -0.4 is 11.5 Å². The van der Waals surface area contributed by atoms with Gasteiger partial charge in [0.05, 0.1) is 0 Å². The normalized spacial score (nSPS) is 11.7. The van der Waals surface area contributed by atoms with E-state index in [1.807, 2.05) is 25.1 Å². The lowest BCUT2D eigenvalue weighted by Crippen LogP contribution is -2.14. The molecule has 0 heterocycles. The number of nitrogens with zero attached hydrogens (tertiary/aromatic N) is 1. The molecule has 0 saturated carbocycles. The van der Waals surface area contributed by atoms with Gasteiger partial charge in [0.2, 0.25) is 0 Å². The van der Waals surface area contributed by atoms with Crippen LogP contribution >= 0.6 is 0 Å². The van der Waals surface area contributed by atoms with Crippen LogP contribution in [0.4, 0.5) is 0 Å². The molecule has 0 spiro atoms. The van der Waals surface area contributed by atoms with Crippen molar-refractivity contribution in [1.29, 1.82) is 0 Å². The van der Waals surface area contributed by atoms with Crippen molar-refractivity contribution in [2.75, 3.05) is 6.54 Å². The molecule has 0 unspecified atom stereocenters. The monoisotopic (exact) mass is 193 g/mol. The number of rotatable bonds is 3. The summed E-state index contributed by atoms with van der Waals surface area (Å²) in [6.45, 7) is 2.61. The van der Waals surface area contributed by atoms with Crippen molar-refractivity contribution in [2.45, 2.75) is 13.3 Å². The van der Waals surface area contributed by atoms with Crippen molar-refractivity contribution in [3.8, 4) is 0 Å². The second-order valence-corrected chi connectivity index (χ2v) is 3.17. The molecule has 0 aliphatic rings. The molecular formula is C10H15N3O. The van der Waals surface area contributed by atoms with Gasteiger partial charge in [0.15, 0.2) is 5.84 Å². The fraction of sp³-hybridized carbons (Fsp3) is 0.300. The minimum absolute atomic E-state index is 0.128. The topological polar surface area (TPSA) is 84.6 Å². The van der Waals surface area contributed by atoms with Crippen LogP contribution in [0.5, 0.6) is 0 Å². The third-order valence-corrected chi connectivity index (χ3v) is 2.17. The Morgan fingerprint density at radius 2 is 2.21 bits per heavy atom. The highest BCUT2D eigenvalue weighted by atomic mass is 16.4. The molecule has 0 fully saturated rings. The first kappa shape index (κ1) is 10.5. The van der Waals surface area contributed by atoms with Gasteiger partial charge >= 0.3 is 0 Å². The summed E-state index contributed by atoms with van der Waals surface area (Å²) in [6, 6.07) is 5.67. The average molecular weight is 193 g/mol. The van der Waals surface area contributed by atoms with Crippen LogP contribution in [-0.4, -0.2) is 17.6 Å². The van der Waals surface area contributed by atoms with E-state index < -0.39 is 0 Å². The molecule has 0 saturated heterocycles. The Hall–Kier alpha value is -1.55. The Balaban J connectivity index is 3.06. The zero-order valence-corrected chi connectivity index (χ0v) is 8.20. The van der Waals surface area contributed by atoms with Gasteiger partial charge in [0.1, 0.15) is 0 Å². The summed E-state index contributed by atoms with van der Waals surface area (Å²) in [5.41, 5.74) is 14.0.